The van der Waals surface area contributed by atoms with Crippen molar-refractivity contribution in [2.45, 2.75) is 37.3 Å². The van der Waals surface area contributed by atoms with Gasteiger partial charge in [0.15, 0.2) is 0 Å². The zero-order chi connectivity index (χ0) is 16.8. The highest BCUT2D eigenvalue weighted by molar-refractivity contribution is 7.89. The average molecular weight is 351 g/mol. The number of nitrogens with one attached hydrogen (secondary N) is 1. The summed E-state index contributed by atoms with van der Waals surface area (Å²) in [6.07, 6.45) is 0.250. The highest BCUT2D eigenvalue weighted by Gasteiger charge is 2.21. The van der Waals surface area contributed by atoms with E-state index in [4.69, 9.17) is 26.8 Å². The van der Waals surface area contributed by atoms with Crippen LogP contribution < -0.4 is 15.2 Å². The fraction of sp³-hybridized carbons (Fsp3) is 0.571. The maximum atomic E-state index is 12.4. The van der Waals surface area contributed by atoms with Gasteiger partial charge in [-0.2, -0.15) is 0 Å². The molecule has 0 aliphatic heterocycles. The molecular weight excluding hydrogens is 328 g/mol. The van der Waals surface area contributed by atoms with Gasteiger partial charge in [-0.05, 0) is 38.5 Å². The van der Waals surface area contributed by atoms with Gasteiger partial charge in [0, 0.05) is 24.7 Å². The van der Waals surface area contributed by atoms with Gasteiger partial charge in [0.2, 0.25) is 10.0 Å². The molecule has 0 spiro atoms. The van der Waals surface area contributed by atoms with Crippen LogP contribution in [0.1, 0.15) is 20.3 Å². The molecule has 0 aromatic heterocycles. The molecule has 0 saturated carbocycles. The molecule has 2 unspecified atom stereocenters. The van der Waals surface area contributed by atoms with Crippen LogP contribution in [0.15, 0.2) is 23.1 Å². The van der Waals surface area contributed by atoms with E-state index < -0.39 is 10.0 Å². The molecule has 2 atom stereocenters. The molecule has 0 aliphatic rings. The van der Waals surface area contributed by atoms with Gasteiger partial charge >= 0.3 is 0 Å². The van der Waals surface area contributed by atoms with Crippen molar-refractivity contribution < 1.29 is 17.9 Å². The lowest BCUT2D eigenvalue weighted by Gasteiger charge is -2.17. The molecule has 0 amide bonds. The van der Waals surface area contributed by atoms with Crippen LogP contribution in [0.5, 0.6) is 5.75 Å². The van der Waals surface area contributed by atoms with E-state index in [1.807, 2.05) is 6.92 Å². The zero-order valence-electron chi connectivity index (χ0n) is 13.0. The predicted molar refractivity (Wildman–Crippen MR) is 86.9 cm³/mol. The van der Waals surface area contributed by atoms with Crippen molar-refractivity contribution in [2.75, 3.05) is 20.3 Å². The number of methoxy groups -OCH3 is 1. The van der Waals surface area contributed by atoms with Gasteiger partial charge in [0.25, 0.3) is 0 Å². The maximum Gasteiger partial charge on any atom is 0.244 e. The first-order chi connectivity index (χ1) is 10.3. The number of nitrogens with two attached hydrogens (primary N) is 1. The van der Waals surface area contributed by atoms with Gasteiger partial charge in [0.1, 0.15) is 16.7 Å². The predicted octanol–water partition coefficient (Wildman–Crippen LogP) is 1.77. The van der Waals surface area contributed by atoms with Crippen LogP contribution in [-0.2, 0) is 14.8 Å². The van der Waals surface area contributed by atoms with Gasteiger partial charge in [-0.15, -0.1) is 0 Å². The smallest absolute Gasteiger partial charge is 0.244 e. The largest absolute Gasteiger partial charge is 0.487 e. The molecule has 22 heavy (non-hydrogen) atoms. The second-order valence-corrected chi connectivity index (χ2v) is 7.31. The summed E-state index contributed by atoms with van der Waals surface area (Å²) in [6.45, 7) is 4.20. The minimum absolute atomic E-state index is 0.00706. The van der Waals surface area contributed by atoms with Crippen LogP contribution in [0.4, 0.5) is 0 Å². The number of sulfonamides is 1. The summed E-state index contributed by atoms with van der Waals surface area (Å²) in [7, 11) is -2.17. The minimum atomic E-state index is -3.73. The van der Waals surface area contributed by atoms with E-state index in [0.717, 1.165) is 0 Å². The number of ether oxygens (including phenoxy) is 2. The second kappa shape index (κ2) is 8.69. The maximum absolute atomic E-state index is 12.4. The lowest BCUT2D eigenvalue weighted by atomic mass is 10.3. The number of halogens is 1. The van der Waals surface area contributed by atoms with Crippen molar-refractivity contribution in [1.82, 2.24) is 4.72 Å². The Morgan fingerprint density at radius 1 is 1.36 bits per heavy atom. The third-order valence-electron chi connectivity index (χ3n) is 2.82. The first kappa shape index (κ1) is 19.2. The Morgan fingerprint density at radius 3 is 2.64 bits per heavy atom. The van der Waals surface area contributed by atoms with E-state index in [9.17, 15) is 8.42 Å². The summed E-state index contributed by atoms with van der Waals surface area (Å²) in [4.78, 5) is 0.00706. The van der Waals surface area contributed by atoms with Crippen molar-refractivity contribution in [2.24, 2.45) is 5.73 Å². The van der Waals surface area contributed by atoms with Gasteiger partial charge < -0.3 is 15.2 Å². The van der Waals surface area contributed by atoms with E-state index in [1.54, 1.807) is 20.1 Å². The van der Waals surface area contributed by atoms with E-state index in [2.05, 4.69) is 4.72 Å². The third kappa shape index (κ3) is 6.10. The zero-order valence-corrected chi connectivity index (χ0v) is 14.6. The second-order valence-electron chi connectivity index (χ2n) is 5.14. The molecule has 8 heteroatoms. The SMILES string of the molecule is COCC(C)Oc1ccc(Cl)cc1S(=O)(=O)NCCC(C)N. The Balaban J connectivity index is 2.97. The molecule has 0 bridgehead atoms. The fourth-order valence-electron chi connectivity index (χ4n) is 1.77. The van der Waals surface area contributed by atoms with Crippen LogP contribution in [-0.4, -0.2) is 40.8 Å². The first-order valence-electron chi connectivity index (χ1n) is 6.96. The van der Waals surface area contributed by atoms with Gasteiger partial charge in [0.05, 0.1) is 6.61 Å². The van der Waals surface area contributed by atoms with Crippen molar-refractivity contribution >= 4 is 21.6 Å². The fourth-order valence-corrected chi connectivity index (χ4v) is 3.22. The molecular formula is C14H23ClN2O4S. The summed E-state index contributed by atoms with van der Waals surface area (Å²) in [6, 6.07) is 4.40. The van der Waals surface area contributed by atoms with Crippen LogP contribution in [0.25, 0.3) is 0 Å². The van der Waals surface area contributed by atoms with Crippen molar-refractivity contribution in [3.63, 3.8) is 0 Å². The number of hydrogen-bond acceptors (Lipinski definition) is 5. The molecule has 0 aliphatic carbocycles. The van der Waals surface area contributed by atoms with E-state index >= 15 is 0 Å². The molecule has 1 rings (SSSR count). The molecule has 6 nitrogen and oxygen atoms in total. The summed E-state index contributed by atoms with van der Waals surface area (Å²) >= 11 is 5.91. The van der Waals surface area contributed by atoms with Crippen LogP contribution in [0.2, 0.25) is 5.02 Å². The topological polar surface area (TPSA) is 90.6 Å². The van der Waals surface area contributed by atoms with Gasteiger partial charge in [-0.1, -0.05) is 11.6 Å². The number of rotatable bonds is 9. The van der Waals surface area contributed by atoms with E-state index in [1.165, 1.54) is 12.1 Å². The van der Waals surface area contributed by atoms with Crippen LogP contribution in [0.3, 0.4) is 0 Å². The summed E-state index contributed by atoms with van der Waals surface area (Å²) in [5.41, 5.74) is 5.62. The summed E-state index contributed by atoms with van der Waals surface area (Å²) < 4.78 is 37.9. The molecule has 3 N–H and O–H groups in total. The lowest BCUT2D eigenvalue weighted by Crippen LogP contribution is -2.30. The first-order valence-corrected chi connectivity index (χ1v) is 8.82. The quantitative estimate of drug-likeness (QED) is 0.708. The van der Waals surface area contributed by atoms with Gasteiger partial charge in [-0.3, -0.25) is 0 Å². The highest BCUT2D eigenvalue weighted by atomic mass is 35.5. The molecule has 126 valence electrons. The number of benzene rings is 1. The molecule has 1 aromatic carbocycles. The third-order valence-corrected chi connectivity index (χ3v) is 4.53. The van der Waals surface area contributed by atoms with Crippen molar-refractivity contribution in [1.29, 1.82) is 0 Å². The van der Waals surface area contributed by atoms with Crippen LogP contribution >= 0.6 is 11.6 Å². The average Bonchev–Trinajstić information content (AvgIpc) is 2.40. The highest BCUT2D eigenvalue weighted by Crippen LogP contribution is 2.28. The van der Waals surface area contributed by atoms with Gasteiger partial charge in [-0.25, -0.2) is 13.1 Å². The molecule has 1 aromatic rings. The Bertz CT molecular complexity index is 578. The standard InChI is InChI=1S/C14H23ClN2O4S/c1-10(16)6-7-17-22(18,19)14-8-12(15)4-5-13(14)21-11(2)9-20-3/h4-5,8,10-11,17H,6-7,9,16H2,1-3H3. The van der Waals surface area contributed by atoms with E-state index in [-0.39, 0.29) is 29.3 Å². The molecule has 0 radical (unpaired) electrons. The molecule has 0 fully saturated rings. The lowest BCUT2D eigenvalue weighted by molar-refractivity contribution is 0.0901. The number of hydrogen-bond donors (Lipinski definition) is 2. The Labute approximate surface area is 137 Å². The van der Waals surface area contributed by atoms with Crippen molar-refractivity contribution in [3.8, 4) is 5.75 Å². The minimum Gasteiger partial charge on any atom is -0.487 e. The van der Waals surface area contributed by atoms with E-state index in [0.29, 0.717) is 18.1 Å². The summed E-state index contributed by atoms with van der Waals surface area (Å²) in [5, 5.41) is 0.319. The Morgan fingerprint density at radius 2 is 2.05 bits per heavy atom. The Kier molecular flexibility index (Phi) is 7.58. The monoisotopic (exact) mass is 350 g/mol. The summed E-state index contributed by atoms with van der Waals surface area (Å²) in [5.74, 6) is 0.238. The normalized spacial score (nSPS) is 14.6. The van der Waals surface area contributed by atoms with Crippen LogP contribution in [0, 0.1) is 0 Å². The Hall–Kier alpha value is -0.860. The molecule has 0 heterocycles. The molecule has 0 saturated heterocycles. The van der Waals surface area contributed by atoms with Crippen molar-refractivity contribution in [3.05, 3.63) is 23.2 Å².